The van der Waals surface area contributed by atoms with Crippen molar-refractivity contribution in [2.45, 2.75) is 43.4 Å². The van der Waals surface area contributed by atoms with E-state index in [2.05, 4.69) is 5.32 Å². The summed E-state index contributed by atoms with van der Waals surface area (Å²) in [5.41, 5.74) is -0.530. The first-order chi connectivity index (χ1) is 12.8. The van der Waals surface area contributed by atoms with E-state index in [1.54, 1.807) is 0 Å². The Balaban J connectivity index is 1.24. The number of esters is 1. The Labute approximate surface area is 166 Å². The van der Waals surface area contributed by atoms with Crippen molar-refractivity contribution in [2.75, 3.05) is 25.4 Å². The number of carbonyl (C=O) groups excluding carboxylic acids is 4. The molecule has 1 N–H and O–H groups in total. The number of carbonyl (C=O) groups is 4. The Morgan fingerprint density at radius 1 is 1.22 bits per heavy atom. The molecule has 0 aromatic carbocycles. The molecule has 5 fully saturated rings. The number of imide groups is 1. The van der Waals surface area contributed by atoms with Crippen LogP contribution in [0.5, 0.6) is 0 Å². The summed E-state index contributed by atoms with van der Waals surface area (Å²) in [5, 5.41) is 2.30. The van der Waals surface area contributed by atoms with Crippen molar-refractivity contribution in [1.82, 2.24) is 10.2 Å². The number of hydrogen-bond acceptors (Lipinski definition) is 6. The Morgan fingerprint density at radius 3 is 2.52 bits per heavy atom. The summed E-state index contributed by atoms with van der Waals surface area (Å²) in [5.74, 6) is 0.134. The molecule has 7 nitrogen and oxygen atoms in total. The number of rotatable bonds is 6. The molecule has 0 aromatic heterocycles. The molecule has 4 aliphatic carbocycles. The van der Waals surface area contributed by atoms with Gasteiger partial charge in [0, 0.05) is 18.0 Å². The third kappa shape index (κ3) is 3.70. The monoisotopic (exact) mass is 414 g/mol. The fourth-order valence-corrected chi connectivity index (χ4v) is 7.07. The lowest BCUT2D eigenvalue weighted by Gasteiger charge is -2.58. The number of nitrogens with zero attached hydrogens (tertiary/aromatic N) is 1. The number of alkyl halides is 1. The molecule has 148 valence electrons. The van der Waals surface area contributed by atoms with E-state index in [0.29, 0.717) is 18.3 Å². The van der Waals surface area contributed by atoms with E-state index in [-0.39, 0.29) is 47.4 Å². The van der Waals surface area contributed by atoms with Gasteiger partial charge in [-0.3, -0.25) is 24.1 Å². The summed E-state index contributed by atoms with van der Waals surface area (Å²) >= 11 is 7.69. The number of halogens is 1. The molecule has 1 aliphatic heterocycles. The van der Waals surface area contributed by atoms with Gasteiger partial charge >= 0.3 is 5.97 Å². The van der Waals surface area contributed by atoms with Crippen LogP contribution in [0.15, 0.2) is 0 Å². The molecule has 5 aliphatic rings. The maximum Gasteiger partial charge on any atom is 0.312 e. The van der Waals surface area contributed by atoms with Gasteiger partial charge in [0.2, 0.25) is 5.91 Å². The molecule has 4 bridgehead atoms. The van der Waals surface area contributed by atoms with Crippen LogP contribution < -0.4 is 5.32 Å². The van der Waals surface area contributed by atoms with Crippen LogP contribution in [0.4, 0.5) is 4.79 Å². The third-order valence-corrected chi connectivity index (χ3v) is 7.56. The molecule has 4 saturated carbocycles. The molecule has 27 heavy (non-hydrogen) atoms. The normalized spacial score (nSPS) is 37.0. The molecule has 3 amide bonds. The lowest BCUT2D eigenvalue weighted by atomic mass is 9.49. The predicted molar refractivity (Wildman–Crippen MR) is 99.2 cm³/mol. The highest BCUT2D eigenvalue weighted by Gasteiger charge is 2.60. The van der Waals surface area contributed by atoms with Gasteiger partial charge in [-0.1, -0.05) is 11.8 Å². The summed E-state index contributed by atoms with van der Waals surface area (Å²) in [6, 6.07) is 0. The Kier molecular flexibility index (Phi) is 4.91. The molecule has 5 rings (SSSR count). The molecular weight excluding hydrogens is 392 g/mol. The van der Waals surface area contributed by atoms with Crippen molar-refractivity contribution in [1.29, 1.82) is 0 Å². The van der Waals surface area contributed by atoms with Crippen molar-refractivity contribution in [2.24, 2.45) is 17.3 Å². The summed E-state index contributed by atoms with van der Waals surface area (Å²) < 4.78 is 5.34. The fraction of sp³-hybridized carbons (Fsp3) is 0.778. The van der Waals surface area contributed by atoms with Crippen LogP contribution >= 0.6 is 23.4 Å². The van der Waals surface area contributed by atoms with E-state index < -0.39 is 11.3 Å². The summed E-state index contributed by atoms with van der Waals surface area (Å²) in [7, 11) is 0. The van der Waals surface area contributed by atoms with Crippen molar-refractivity contribution in [3.05, 3.63) is 0 Å². The maximum absolute atomic E-state index is 12.8. The summed E-state index contributed by atoms with van der Waals surface area (Å²) in [4.78, 5) is 48.5. The second-order valence-corrected chi connectivity index (χ2v) is 10.1. The minimum absolute atomic E-state index is 0.131. The van der Waals surface area contributed by atoms with Gasteiger partial charge in [-0.2, -0.15) is 0 Å². The van der Waals surface area contributed by atoms with Gasteiger partial charge in [-0.05, 0) is 50.4 Å². The van der Waals surface area contributed by atoms with Crippen LogP contribution in [0.1, 0.15) is 38.5 Å². The predicted octanol–water partition coefficient (Wildman–Crippen LogP) is 1.92. The quantitative estimate of drug-likeness (QED) is 0.527. The molecule has 2 unspecified atom stereocenters. The number of hydrogen-bond donors (Lipinski definition) is 1. The van der Waals surface area contributed by atoms with Crippen molar-refractivity contribution < 1.29 is 23.9 Å². The standard InChI is InChI=1S/C18H23ClN2O5S/c19-18-6-11-3-12(7-18)5-17(4-11,10-18)15(24)26-8-13(22)20-1-2-21-14(23)9-27-16(21)25/h11-12H,1-10H2,(H,20,22)/t11-,12+,17?,18?. The van der Waals surface area contributed by atoms with Crippen LogP contribution in [0, 0.1) is 17.3 Å². The zero-order chi connectivity index (χ0) is 19.2. The summed E-state index contributed by atoms with van der Waals surface area (Å²) in [6.45, 7) is -0.0667. The minimum atomic E-state index is -0.530. The molecule has 9 heteroatoms. The highest BCUT2D eigenvalue weighted by atomic mass is 35.5. The Hall–Kier alpha value is -1.28. The molecule has 0 aromatic rings. The zero-order valence-electron chi connectivity index (χ0n) is 15.0. The van der Waals surface area contributed by atoms with E-state index in [9.17, 15) is 19.2 Å². The van der Waals surface area contributed by atoms with Crippen LogP contribution in [0.25, 0.3) is 0 Å². The first-order valence-corrected chi connectivity index (χ1v) is 10.7. The van der Waals surface area contributed by atoms with Crippen molar-refractivity contribution in [3.63, 3.8) is 0 Å². The van der Waals surface area contributed by atoms with Gasteiger partial charge in [0.1, 0.15) is 0 Å². The number of thioether (sulfide) groups is 1. The van der Waals surface area contributed by atoms with E-state index in [1.807, 2.05) is 0 Å². The topological polar surface area (TPSA) is 92.8 Å². The molecular formula is C18H23ClN2O5S. The lowest BCUT2D eigenvalue weighted by Crippen LogP contribution is -2.56. The van der Waals surface area contributed by atoms with Gasteiger partial charge < -0.3 is 10.1 Å². The number of ether oxygens (including phenoxy) is 1. The third-order valence-electron chi connectivity index (χ3n) is 6.26. The summed E-state index contributed by atoms with van der Waals surface area (Å²) in [6.07, 6.45) is 5.38. The SMILES string of the molecule is O=C(COC(=O)C12C[C@@H]3C[C@@H](CC(Cl)(C3)C1)C2)NCCN1C(=O)CSC1=O. The molecule has 1 saturated heterocycles. The smallest absolute Gasteiger partial charge is 0.312 e. The first kappa shape index (κ1) is 19.1. The van der Waals surface area contributed by atoms with Crippen LogP contribution in [-0.4, -0.2) is 58.2 Å². The maximum atomic E-state index is 12.8. The Bertz CT molecular complexity index is 669. The molecule has 1 heterocycles. The largest absolute Gasteiger partial charge is 0.455 e. The van der Waals surface area contributed by atoms with Gasteiger partial charge in [0.25, 0.3) is 11.1 Å². The molecule has 0 spiro atoms. The average Bonchev–Trinajstić information content (AvgIpc) is 2.89. The van der Waals surface area contributed by atoms with Crippen molar-refractivity contribution >= 4 is 46.4 Å². The van der Waals surface area contributed by atoms with Crippen molar-refractivity contribution in [3.8, 4) is 0 Å². The lowest BCUT2D eigenvalue weighted by molar-refractivity contribution is -0.171. The Morgan fingerprint density at radius 2 is 1.93 bits per heavy atom. The van der Waals surface area contributed by atoms with Gasteiger partial charge in [0.05, 0.1) is 11.2 Å². The van der Waals surface area contributed by atoms with E-state index in [0.717, 1.165) is 48.8 Å². The van der Waals surface area contributed by atoms with Gasteiger partial charge in [-0.15, -0.1) is 11.6 Å². The average molecular weight is 415 g/mol. The van der Waals surface area contributed by atoms with Crippen LogP contribution in [0.3, 0.4) is 0 Å². The fourth-order valence-electron chi connectivity index (χ4n) is 5.63. The highest BCUT2D eigenvalue weighted by Crippen LogP contribution is 2.64. The van der Waals surface area contributed by atoms with E-state index in [4.69, 9.17) is 16.3 Å². The van der Waals surface area contributed by atoms with Gasteiger partial charge in [0.15, 0.2) is 6.61 Å². The van der Waals surface area contributed by atoms with Gasteiger partial charge in [-0.25, -0.2) is 0 Å². The second-order valence-electron chi connectivity index (χ2n) is 8.42. The van der Waals surface area contributed by atoms with Crippen LogP contribution in [-0.2, 0) is 19.1 Å². The van der Waals surface area contributed by atoms with E-state index >= 15 is 0 Å². The number of amides is 3. The molecule has 0 radical (unpaired) electrons. The zero-order valence-corrected chi connectivity index (χ0v) is 16.6. The molecule has 4 atom stereocenters. The first-order valence-electron chi connectivity index (χ1n) is 9.39. The number of nitrogens with one attached hydrogen (secondary N) is 1. The highest BCUT2D eigenvalue weighted by molar-refractivity contribution is 8.14. The second kappa shape index (κ2) is 6.95. The van der Waals surface area contributed by atoms with Crippen LogP contribution in [0.2, 0.25) is 0 Å². The minimum Gasteiger partial charge on any atom is -0.455 e. The van der Waals surface area contributed by atoms with E-state index in [1.165, 1.54) is 0 Å².